The fraction of sp³-hybridized carbons (Fsp3) is 0.526. The zero-order valence-electron chi connectivity index (χ0n) is 14.8. The molecule has 2 aromatic rings. The van der Waals surface area contributed by atoms with Gasteiger partial charge in [-0.05, 0) is 55.4 Å². The second-order valence-electron chi connectivity index (χ2n) is 7.31. The summed E-state index contributed by atoms with van der Waals surface area (Å²) < 4.78 is 35.7. The average molecular weight is 375 g/mol. The summed E-state index contributed by atoms with van der Waals surface area (Å²) in [4.78, 5) is 4.23. The van der Waals surface area contributed by atoms with Crippen LogP contribution in [0.25, 0.3) is 0 Å². The standard InChI is InChI=1S/C19H25N3O3S/c23-26(24,19-4-1-8-20-11-19)22-13-17(7-10-25-15-16-5-6-16)12-21-9-2-3-18(21)14-22/h1-4,8-9,11,16-17H,5-7,10,12-15H2. The van der Waals surface area contributed by atoms with Gasteiger partial charge in [-0.15, -0.1) is 0 Å². The van der Waals surface area contributed by atoms with E-state index >= 15 is 0 Å². The molecule has 7 heteroatoms. The number of rotatable bonds is 7. The molecule has 0 saturated heterocycles. The molecule has 1 fully saturated rings. The number of aromatic nitrogens is 2. The maximum atomic E-state index is 13.1. The minimum absolute atomic E-state index is 0.231. The van der Waals surface area contributed by atoms with Gasteiger partial charge in [0.25, 0.3) is 0 Å². The summed E-state index contributed by atoms with van der Waals surface area (Å²) in [5.41, 5.74) is 1.03. The van der Waals surface area contributed by atoms with Gasteiger partial charge in [0.2, 0.25) is 10.0 Å². The Morgan fingerprint density at radius 3 is 2.81 bits per heavy atom. The van der Waals surface area contributed by atoms with Crippen LogP contribution in [0.15, 0.2) is 47.8 Å². The predicted octanol–water partition coefficient (Wildman–Crippen LogP) is 2.52. The van der Waals surface area contributed by atoms with Gasteiger partial charge in [0.15, 0.2) is 0 Å². The number of ether oxygens (including phenoxy) is 1. The van der Waals surface area contributed by atoms with Gasteiger partial charge in [-0.25, -0.2) is 8.42 Å². The molecule has 0 N–H and O–H groups in total. The number of sulfonamides is 1. The molecular weight excluding hydrogens is 350 g/mol. The molecule has 4 rings (SSSR count). The van der Waals surface area contributed by atoms with Crippen LogP contribution in [-0.4, -0.2) is 42.0 Å². The first-order valence-electron chi connectivity index (χ1n) is 9.25. The molecule has 0 spiro atoms. The largest absolute Gasteiger partial charge is 0.381 e. The maximum Gasteiger partial charge on any atom is 0.244 e. The van der Waals surface area contributed by atoms with Crippen molar-refractivity contribution in [3.8, 4) is 0 Å². The zero-order valence-corrected chi connectivity index (χ0v) is 15.6. The van der Waals surface area contributed by atoms with Gasteiger partial charge in [0.1, 0.15) is 4.90 Å². The SMILES string of the molecule is O=S(=O)(c1cccnc1)N1Cc2cccn2CC(CCOCC2CC2)C1. The zero-order chi connectivity index (χ0) is 18.0. The van der Waals surface area contributed by atoms with Gasteiger partial charge in [-0.3, -0.25) is 4.98 Å². The summed E-state index contributed by atoms with van der Waals surface area (Å²) in [6.07, 6.45) is 8.48. The van der Waals surface area contributed by atoms with E-state index in [4.69, 9.17) is 4.74 Å². The minimum Gasteiger partial charge on any atom is -0.381 e. The second-order valence-corrected chi connectivity index (χ2v) is 9.25. The van der Waals surface area contributed by atoms with Gasteiger partial charge < -0.3 is 9.30 Å². The first-order chi connectivity index (χ1) is 12.6. The summed E-state index contributed by atoms with van der Waals surface area (Å²) in [6, 6.07) is 7.25. The van der Waals surface area contributed by atoms with E-state index in [1.165, 1.54) is 19.0 Å². The fourth-order valence-corrected chi connectivity index (χ4v) is 4.89. The van der Waals surface area contributed by atoms with Crippen LogP contribution >= 0.6 is 0 Å². The molecule has 0 amide bonds. The smallest absolute Gasteiger partial charge is 0.244 e. The molecule has 2 aromatic heterocycles. The molecule has 2 aliphatic rings. The first kappa shape index (κ1) is 17.7. The summed E-state index contributed by atoms with van der Waals surface area (Å²) in [5, 5.41) is 0. The van der Waals surface area contributed by atoms with Crippen molar-refractivity contribution in [3.63, 3.8) is 0 Å². The Morgan fingerprint density at radius 1 is 1.15 bits per heavy atom. The molecule has 1 aliphatic carbocycles. The quantitative estimate of drug-likeness (QED) is 0.698. The van der Waals surface area contributed by atoms with Crippen molar-refractivity contribution in [3.05, 3.63) is 48.5 Å². The number of fused-ring (bicyclic) bond motifs is 1. The maximum absolute atomic E-state index is 13.1. The third-order valence-electron chi connectivity index (χ3n) is 5.17. The Hall–Kier alpha value is -1.70. The molecule has 1 atom stereocenters. The van der Waals surface area contributed by atoms with Gasteiger partial charge in [0.05, 0.1) is 6.54 Å². The van der Waals surface area contributed by atoms with Crippen molar-refractivity contribution in [2.45, 2.75) is 37.2 Å². The Bertz CT molecular complexity index is 831. The molecule has 1 aliphatic heterocycles. The van der Waals surface area contributed by atoms with Gasteiger partial charge in [-0.2, -0.15) is 4.31 Å². The van der Waals surface area contributed by atoms with Crippen LogP contribution < -0.4 is 0 Å². The van der Waals surface area contributed by atoms with Crippen LogP contribution in [0.2, 0.25) is 0 Å². The minimum atomic E-state index is -3.56. The van der Waals surface area contributed by atoms with Crippen molar-refractivity contribution >= 4 is 10.0 Å². The number of hydrogen-bond donors (Lipinski definition) is 0. The number of pyridine rings is 1. The Morgan fingerprint density at radius 2 is 2.04 bits per heavy atom. The highest BCUT2D eigenvalue weighted by Gasteiger charge is 2.31. The highest BCUT2D eigenvalue weighted by Crippen LogP contribution is 2.29. The number of nitrogens with zero attached hydrogens (tertiary/aromatic N) is 3. The van der Waals surface area contributed by atoms with Crippen LogP contribution in [-0.2, 0) is 27.8 Å². The van der Waals surface area contributed by atoms with Crippen LogP contribution in [0.1, 0.15) is 25.0 Å². The van der Waals surface area contributed by atoms with Gasteiger partial charge >= 0.3 is 0 Å². The third-order valence-corrected chi connectivity index (χ3v) is 6.97. The van der Waals surface area contributed by atoms with Crippen LogP contribution in [0.4, 0.5) is 0 Å². The van der Waals surface area contributed by atoms with E-state index in [1.54, 1.807) is 22.6 Å². The van der Waals surface area contributed by atoms with E-state index in [1.807, 2.05) is 18.3 Å². The lowest BCUT2D eigenvalue weighted by Gasteiger charge is -2.23. The van der Waals surface area contributed by atoms with Gasteiger partial charge in [-0.1, -0.05) is 0 Å². The Labute approximate surface area is 154 Å². The highest BCUT2D eigenvalue weighted by molar-refractivity contribution is 7.89. The monoisotopic (exact) mass is 375 g/mol. The number of hydrogen-bond acceptors (Lipinski definition) is 4. The molecular formula is C19H25N3O3S. The van der Waals surface area contributed by atoms with Crippen molar-refractivity contribution < 1.29 is 13.2 Å². The topological polar surface area (TPSA) is 64.4 Å². The van der Waals surface area contributed by atoms with E-state index in [0.29, 0.717) is 19.7 Å². The highest BCUT2D eigenvalue weighted by atomic mass is 32.2. The predicted molar refractivity (Wildman–Crippen MR) is 97.9 cm³/mol. The lowest BCUT2D eigenvalue weighted by Crippen LogP contribution is -2.34. The summed E-state index contributed by atoms with van der Waals surface area (Å²) in [7, 11) is -3.56. The lowest BCUT2D eigenvalue weighted by molar-refractivity contribution is 0.106. The van der Waals surface area contributed by atoms with E-state index in [0.717, 1.165) is 31.2 Å². The molecule has 0 aromatic carbocycles. The molecule has 0 radical (unpaired) electrons. The Kier molecular flexibility index (Phi) is 5.11. The average Bonchev–Trinajstić information content (AvgIpc) is 3.41. The molecule has 6 nitrogen and oxygen atoms in total. The molecule has 1 unspecified atom stereocenters. The van der Waals surface area contributed by atoms with E-state index in [-0.39, 0.29) is 10.8 Å². The van der Waals surface area contributed by atoms with Crippen molar-refractivity contribution in [1.29, 1.82) is 0 Å². The van der Waals surface area contributed by atoms with Crippen molar-refractivity contribution in [2.24, 2.45) is 11.8 Å². The second kappa shape index (κ2) is 7.50. The summed E-state index contributed by atoms with van der Waals surface area (Å²) in [5.74, 6) is 0.983. The molecule has 0 bridgehead atoms. The fourth-order valence-electron chi connectivity index (χ4n) is 3.44. The molecule has 140 valence electrons. The van der Waals surface area contributed by atoms with Crippen molar-refractivity contribution in [2.75, 3.05) is 19.8 Å². The third kappa shape index (κ3) is 4.00. The van der Waals surface area contributed by atoms with Crippen LogP contribution in [0.3, 0.4) is 0 Å². The van der Waals surface area contributed by atoms with Gasteiger partial charge in [0, 0.05) is 50.6 Å². The van der Waals surface area contributed by atoms with E-state index < -0.39 is 10.0 Å². The van der Waals surface area contributed by atoms with E-state index in [9.17, 15) is 8.42 Å². The lowest BCUT2D eigenvalue weighted by atomic mass is 10.1. The van der Waals surface area contributed by atoms with Crippen LogP contribution in [0, 0.1) is 11.8 Å². The molecule has 3 heterocycles. The van der Waals surface area contributed by atoms with E-state index in [2.05, 4.69) is 9.55 Å². The summed E-state index contributed by atoms with van der Waals surface area (Å²) >= 11 is 0. The molecule has 26 heavy (non-hydrogen) atoms. The van der Waals surface area contributed by atoms with Crippen molar-refractivity contribution in [1.82, 2.24) is 13.9 Å². The first-order valence-corrected chi connectivity index (χ1v) is 10.7. The summed E-state index contributed by atoms with van der Waals surface area (Å²) in [6.45, 7) is 3.27. The van der Waals surface area contributed by atoms with Crippen LogP contribution in [0.5, 0.6) is 0 Å². The Balaban J connectivity index is 1.50. The normalized spacial score (nSPS) is 21.3. The molecule has 1 saturated carbocycles.